The Kier molecular flexibility index (Phi) is 3.25. The number of carbonyl (C=O) groups is 2. The molecule has 0 saturated heterocycles. The predicted molar refractivity (Wildman–Crippen MR) is 99.3 cm³/mol. The number of benzene rings is 3. The summed E-state index contributed by atoms with van der Waals surface area (Å²) in [6.45, 7) is 5.90. The van der Waals surface area contributed by atoms with Gasteiger partial charge in [-0.3, -0.25) is 9.59 Å². The van der Waals surface area contributed by atoms with Gasteiger partial charge >= 0.3 is 0 Å². The predicted octanol–water partition coefficient (Wildman–Crippen LogP) is 4.32. The molecule has 2 N–H and O–H groups in total. The summed E-state index contributed by atoms with van der Waals surface area (Å²) in [5.74, 6) is -1.40. The Bertz CT molecular complexity index is 1120. The Morgan fingerprint density at radius 3 is 1.77 bits per heavy atom. The van der Waals surface area contributed by atoms with E-state index in [9.17, 15) is 19.8 Å². The zero-order valence-corrected chi connectivity index (χ0v) is 14.8. The number of hydrogen-bond acceptors (Lipinski definition) is 4. The number of ketones is 2. The van der Waals surface area contributed by atoms with Gasteiger partial charge in [0, 0.05) is 21.9 Å². The minimum Gasteiger partial charge on any atom is -0.506 e. The molecular formula is C22H18O4. The monoisotopic (exact) mass is 346 g/mol. The normalized spacial score (nSPS) is 13.7. The summed E-state index contributed by atoms with van der Waals surface area (Å²) >= 11 is 0. The first-order chi connectivity index (χ1) is 12.2. The lowest BCUT2D eigenvalue weighted by Crippen LogP contribution is -2.26. The Labute approximate surface area is 150 Å². The highest BCUT2D eigenvalue weighted by Gasteiger charge is 2.38. The van der Waals surface area contributed by atoms with Gasteiger partial charge in [0.25, 0.3) is 0 Å². The smallest absolute Gasteiger partial charge is 0.198 e. The molecule has 1 aliphatic carbocycles. The average Bonchev–Trinajstić information content (AvgIpc) is 2.61. The first-order valence-corrected chi connectivity index (χ1v) is 8.43. The summed E-state index contributed by atoms with van der Waals surface area (Å²) in [7, 11) is 0. The SMILES string of the molecule is CC(C)(C)c1cccc2c1C(=O)c1c(c(O)c3ccccc3c1O)C2=O. The summed E-state index contributed by atoms with van der Waals surface area (Å²) in [4.78, 5) is 26.4. The maximum atomic E-state index is 13.3. The first kappa shape index (κ1) is 16.3. The van der Waals surface area contributed by atoms with E-state index in [1.54, 1.807) is 36.4 Å². The Morgan fingerprint density at radius 2 is 1.23 bits per heavy atom. The van der Waals surface area contributed by atoms with E-state index < -0.39 is 11.6 Å². The van der Waals surface area contributed by atoms with Gasteiger partial charge in [-0.1, -0.05) is 63.2 Å². The highest BCUT2D eigenvalue weighted by molar-refractivity contribution is 6.32. The van der Waals surface area contributed by atoms with E-state index in [0.717, 1.165) is 5.56 Å². The van der Waals surface area contributed by atoms with Gasteiger partial charge in [-0.25, -0.2) is 0 Å². The molecule has 3 aromatic carbocycles. The first-order valence-electron chi connectivity index (χ1n) is 8.43. The summed E-state index contributed by atoms with van der Waals surface area (Å²) < 4.78 is 0. The molecule has 0 unspecified atom stereocenters. The lowest BCUT2D eigenvalue weighted by Gasteiger charge is -2.28. The third-order valence-corrected chi connectivity index (χ3v) is 4.96. The van der Waals surface area contributed by atoms with E-state index in [-0.39, 0.29) is 33.6 Å². The van der Waals surface area contributed by atoms with E-state index >= 15 is 0 Å². The molecule has 0 amide bonds. The standard InChI is InChI=1S/C22H18O4/c1-22(2,3)14-10-6-9-13-15(14)21(26)17-16(20(13)25)18(23)11-7-4-5-8-12(11)19(17)24/h4-10,23-24H,1-3H3. The van der Waals surface area contributed by atoms with Crippen LogP contribution in [-0.2, 0) is 5.41 Å². The zero-order chi connectivity index (χ0) is 18.8. The molecule has 130 valence electrons. The summed E-state index contributed by atoms with van der Waals surface area (Å²) in [6.07, 6.45) is 0. The van der Waals surface area contributed by atoms with E-state index in [1.165, 1.54) is 0 Å². The second kappa shape index (κ2) is 5.18. The molecule has 4 nitrogen and oxygen atoms in total. The largest absolute Gasteiger partial charge is 0.506 e. The number of aromatic hydroxyl groups is 2. The van der Waals surface area contributed by atoms with Crippen molar-refractivity contribution in [1.82, 2.24) is 0 Å². The van der Waals surface area contributed by atoms with Gasteiger partial charge in [-0.15, -0.1) is 0 Å². The van der Waals surface area contributed by atoms with Gasteiger partial charge < -0.3 is 10.2 Å². The summed E-state index contributed by atoms with van der Waals surface area (Å²) in [5, 5.41) is 22.1. The van der Waals surface area contributed by atoms with Crippen LogP contribution in [0.25, 0.3) is 10.8 Å². The maximum absolute atomic E-state index is 13.3. The van der Waals surface area contributed by atoms with Crippen LogP contribution in [0.15, 0.2) is 42.5 Å². The third kappa shape index (κ3) is 2.02. The quantitative estimate of drug-likeness (QED) is 0.465. The molecule has 0 saturated carbocycles. The van der Waals surface area contributed by atoms with Crippen LogP contribution in [0.4, 0.5) is 0 Å². The van der Waals surface area contributed by atoms with E-state index in [0.29, 0.717) is 16.3 Å². The van der Waals surface area contributed by atoms with Gasteiger partial charge in [-0.2, -0.15) is 0 Å². The van der Waals surface area contributed by atoms with Crippen LogP contribution in [0, 0.1) is 0 Å². The van der Waals surface area contributed by atoms with Crippen molar-refractivity contribution in [2.24, 2.45) is 0 Å². The van der Waals surface area contributed by atoms with Crippen LogP contribution >= 0.6 is 0 Å². The molecule has 26 heavy (non-hydrogen) atoms. The fourth-order valence-corrected chi connectivity index (χ4v) is 3.72. The molecule has 0 bridgehead atoms. The molecule has 0 heterocycles. The number of hydrogen-bond donors (Lipinski definition) is 2. The van der Waals surface area contributed by atoms with Gasteiger partial charge in [-0.05, 0) is 11.0 Å². The minimum atomic E-state index is -0.445. The molecule has 0 fully saturated rings. The Morgan fingerprint density at radius 1 is 0.692 bits per heavy atom. The van der Waals surface area contributed by atoms with Crippen LogP contribution in [0.2, 0.25) is 0 Å². The van der Waals surface area contributed by atoms with Gasteiger partial charge in [0.2, 0.25) is 0 Å². The van der Waals surface area contributed by atoms with Crippen LogP contribution in [0.1, 0.15) is 58.2 Å². The number of rotatable bonds is 0. The Balaban J connectivity index is 2.15. The second-order valence-electron chi connectivity index (χ2n) is 7.63. The molecule has 4 heteroatoms. The summed E-state index contributed by atoms with van der Waals surface area (Å²) in [6, 6.07) is 11.8. The fraction of sp³-hybridized carbons (Fsp3) is 0.182. The van der Waals surface area contributed by atoms with Crippen LogP contribution in [0.3, 0.4) is 0 Å². The fourth-order valence-electron chi connectivity index (χ4n) is 3.72. The molecule has 0 spiro atoms. The van der Waals surface area contributed by atoms with Crippen molar-refractivity contribution in [3.8, 4) is 11.5 Å². The van der Waals surface area contributed by atoms with Gasteiger partial charge in [0.1, 0.15) is 11.5 Å². The molecule has 0 aliphatic heterocycles. The molecule has 0 aromatic heterocycles. The van der Waals surface area contributed by atoms with Crippen molar-refractivity contribution in [2.75, 3.05) is 0 Å². The van der Waals surface area contributed by atoms with Crippen molar-refractivity contribution < 1.29 is 19.8 Å². The molecule has 1 aliphatic rings. The molecule has 0 atom stereocenters. The van der Waals surface area contributed by atoms with Crippen LogP contribution in [0.5, 0.6) is 11.5 Å². The number of fused-ring (bicyclic) bond motifs is 3. The topological polar surface area (TPSA) is 74.6 Å². The zero-order valence-electron chi connectivity index (χ0n) is 14.8. The van der Waals surface area contributed by atoms with Gasteiger partial charge in [0.15, 0.2) is 11.6 Å². The third-order valence-electron chi connectivity index (χ3n) is 4.96. The lowest BCUT2D eigenvalue weighted by molar-refractivity contribution is 0.0973. The van der Waals surface area contributed by atoms with Crippen molar-refractivity contribution in [1.29, 1.82) is 0 Å². The van der Waals surface area contributed by atoms with Crippen molar-refractivity contribution in [3.05, 3.63) is 70.3 Å². The number of phenols is 2. The minimum absolute atomic E-state index is 0.115. The van der Waals surface area contributed by atoms with Crippen molar-refractivity contribution in [3.63, 3.8) is 0 Å². The van der Waals surface area contributed by atoms with Crippen LogP contribution in [-0.4, -0.2) is 21.8 Å². The number of phenolic OH excluding ortho intramolecular Hbond substituents is 2. The second-order valence-corrected chi connectivity index (χ2v) is 7.63. The molecule has 3 aromatic rings. The lowest BCUT2D eigenvalue weighted by atomic mass is 9.74. The summed E-state index contributed by atoms with van der Waals surface area (Å²) in [5.41, 5.74) is 0.724. The van der Waals surface area contributed by atoms with E-state index in [2.05, 4.69) is 0 Å². The van der Waals surface area contributed by atoms with E-state index in [1.807, 2.05) is 26.8 Å². The average molecular weight is 346 g/mol. The van der Waals surface area contributed by atoms with Gasteiger partial charge in [0.05, 0.1) is 11.1 Å². The van der Waals surface area contributed by atoms with Crippen molar-refractivity contribution >= 4 is 22.3 Å². The van der Waals surface area contributed by atoms with E-state index in [4.69, 9.17) is 0 Å². The van der Waals surface area contributed by atoms with Crippen molar-refractivity contribution in [2.45, 2.75) is 26.2 Å². The van der Waals surface area contributed by atoms with Crippen LogP contribution < -0.4 is 0 Å². The highest BCUT2D eigenvalue weighted by Crippen LogP contribution is 2.45. The molecule has 0 radical (unpaired) electrons. The highest BCUT2D eigenvalue weighted by atomic mass is 16.3. The molecule has 4 rings (SSSR count). The molecular weight excluding hydrogens is 328 g/mol. The maximum Gasteiger partial charge on any atom is 0.198 e. The number of carbonyl (C=O) groups excluding carboxylic acids is 2. The Hall–Kier alpha value is -3.14.